The zero-order chi connectivity index (χ0) is 28.2. The van der Waals surface area contributed by atoms with Crippen LogP contribution in [-0.2, 0) is 38.5 Å². The van der Waals surface area contributed by atoms with Gasteiger partial charge in [-0.15, -0.1) is 0 Å². The number of hydrogen-bond donors (Lipinski definition) is 0. The topological polar surface area (TPSA) is 0 Å². The normalized spacial score (nSPS) is 13.9. The maximum Gasteiger partial charge on any atom is -1.00 e. The van der Waals surface area contributed by atoms with Crippen LogP contribution in [0.3, 0.4) is 0 Å². The molecule has 0 fully saturated rings. The molecule has 218 valence electrons. The Morgan fingerprint density at radius 2 is 1.35 bits per heavy atom. The molecular weight excluding hydrogens is 607 g/mol. The van der Waals surface area contributed by atoms with Gasteiger partial charge in [0.15, 0.2) is 0 Å². The smallest absolute Gasteiger partial charge is 1.00 e. The second kappa shape index (κ2) is 13.3. The Balaban J connectivity index is 0.00000280. The van der Waals surface area contributed by atoms with Gasteiger partial charge in [-0.2, -0.15) is 0 Å². The quantitative estimate of drug-likeness (QED) is 0.378. The Morgan fingerprint density at radius 1 is 0.800 bits per heavy atom. The number of hydrogen-bond acceptors (Lipinski definition) is 0. The van der Waals surface area contributed by atoms with Crippen LogP contribution in [0.4, 0.5) is 0 Å². The molecule has 2 aliphatic rings. The van der Waals surface area contributed by atoms with Crippen molar-refractivity contribution in [3.63, 3.8) is 0 Å². The van der Waals surface area contributed by atoms with Crippen LogP contribution in [0, 0.1) is 25.7 Å². The van der Waals surface area contributed by atoms with E-state index in [0.29, 0.717) is 11.8 Å². The van der Waals surface area contributed by atoms with E-state index in [4.69, 9.17) is 0 Å². The predicted molar refractivity (Wildman–Crippen MR) is 167 cm³/mol. The minimum Gasteiger partial charge on any atom is -1.00 e. The van der Waals surface area contributed by atoms with Gasteiger partial charge in [-0.05, 0) is 0 Å². The fourth-order valence-electron chi connectivity index (χ4n) is 7.01. The summed E-state index contributed by atoms with van der Waals surface area (Å²) in [5.74, 6) is 1.42. The van der Waals surface area contributed by atoms with Gasteiger partial charge >= 0.3 is 243 Å². The number of allylic oxidation sites excluding steroid dienone is 4. The monoisotopic (exact) mass is 656 g/mol. The average molecular weight is 659 g/mol. The summed E-state index contributed by atoms with van der Waals surface area (Å²) in [7, 11) is 0. The third-order valence-electron chi connectivity index (χ3n) is 8.42. The van der Waals surface area contributed by atoms with Crippen molar-refractivity contribution >= 4 is 6.48 Å². The summed E-state index contributed by atoms with van der Waals surface area (Å²) in [6.45, 7) is 28.9. The van der Waals surface area contributed by atoms with E-state index in [1.807, 2.05) is 6.48 Å². The SMILES string of the molecule is Cc1cc2c(cc1C(C)(C)C)-c1cc(C(C)(C)C)c(C)[c]([Zr+2]([C]3=CC=CC3)=[C](CC(C)C)CC(C)C)c1C2.[Cl-].[Cl-]. The van der Waals surface area contributed by atoms with Crippen molar-refractivity contribution < 1.29 is 46.1 Å². The molecule has 0 saturated carbocycles. The number of benzene rings is 2. The molecule has 0 saturated heterocycles. The van der Waals surface area contributed by atoms with Crippen molar-refractivity contribution in [2.45, 2.75) is 120 Å². The van der Waals surface area contributed by atoms with Gasteiger partial charge in [-0.25, -0.2) is 0 Å². The van der Waals surface area contributed by atoms with Gasteiger partial charge in [0, 0.05) is 0 Å². The number of fused-ring (bicyclic) bond motifs is 3. The molecule has 0 radical (unpaired) electrons. The van der Waals surface area contributed by atoms with Crippen LogP contribution in [0.25, 0.3) is 11.1 Å². The first kappa shape index (κ1) is 35.4. The largest absolute Gasteiger partial charge is 1.00 e. The maximum absolute atomic E-state index is 2.61. The van der Waals surface area contributed by atoms with E-state index in [-0.39, 0.29) is 35.6 Å². The predicted octanol–water partition coefficient (Wildman–Crippen LogP) is 3.83. The molecule has 4 rings (SSSR count). The van der Waals surface area contributed by atoms with Gasteiger partial charge in [0.1, 0.15) is 0 Å². The molecular formula is C37H52Cl2Zr. The van der Waals surface area contributed by atoms with Crippen molar-refractivity contribution in [1.82, 2.24) is 0 Å². The van der Waals surface area contributed by atoms with E-state index in [0.717, 1.165) is 6.42 Å². The third-order valence-corrected chi connectivity index (χ3v) is 16.5. The zero-order valence-corrected chi connectivity index (χ0v) is 31.2. The molecule has 2 aromatic rings. The Labute approximate surface area is 266 Å². The molecule has 0 bridgehead atoms. The van der Waals surface area contributed by atoms with Crippen LogP contribution in [0.1, 0.15) is 122 Å². The second-order valence-corrected chi connectivity index (χ2v) is 21.3. The van der Waals surface area contributed by atoms with Gasteiger partial charge in [-0.1, -0.05) is 0 Å². The number of aryl methyl sites for hydroxylation is 1. The summed E-state index contributed by atoms with van der Waals surface area (Å²) in [6.07, 6.45) is 12.1. The minimum atomic E-state index is -2.34. The maximum atomic E-state index is 2.61. The molecule has 3 heteroatoms. The van der Waals surface area contributed by atoms with Gasteiger partial charge < -0.3 is 24.8 Å². The standard InChI is InChI=1S/C23H29.C9H18.C5H5.2ClH.Zr/c1-14-9-16-11-17-10-15(2)21(23(6,7)8)13-19(17)18(16)12-20(14)22(3,4)5;1-8(2)6-5-7-9(3)4;1-2-4-5-3-1;;;/h9,12-13H,11H2,1-8H3;8-9H,6-7H2,1-4H3;1-3H,4H2;2*1H;/q;;;;;+2/p-2. The first-order valence-corrected chi connectivity index (χ1v) is 18.7. The summed E-state index contributed by atoms with van der Waals surface area (Å²) >= 11 is -2.34. The fourth-order valence-corrected chi connectivity index (χ4v) is 16.8. The minimum absolute atomic E-state index is 0. The fraction of sp³-hybridized carbons (Fsp3) is 0.541. The number of halogens is 2. The Kier molecular flexibility index (Phi) is 11.8. The zero-order valence-electron chi connectivity index (χ0n) is 27.2. The van der Waals surface area contributed by atoms with Crippen LogP contribution in [0.2, 0.25) is 0 Å². The molecule has 0 nitrogen and oxygen atoms in total. The summed E-state index contributed by atoms with van der Waals surface area (Å²) in [5, 5.41) is 0. The molecule has 2 aliphatic carbocycles. The van der Waals surface area contributed by atoms with E-state index in [1.54, 1.807) is 31.1 Å². The summed E-state index contributed by atoms with van der Waals surface area (Å²) < 4.78 is 5.56. The molecule has 0 atom stereocenters. The first-order chi connectivity index (χ1) is 17.6. The molecule has 0 unspecified atom stereocenters. The van der Waals surface area contributed by atoms with E-state index >= 15 is 0 Å². The Bertz CT molecular complexity index is 1330. The van der Waals surface area contributed by atoms with E-state index < -0.39 is 21.3 Å². The molecule has 2 aromatic carbocycles. The van der Waals surface area contributed by atoms with Crippen LogP contribution in [-0.4, -0.2) is 3.21 Å². The van der Waals surface area contributed by atoms with Crippen molar-refractivity contribution in [3.8, 4) is 11.1 Å². The third kappa shape index (κ3) is 7.24. The van der Waals surface area contributed by atoms with Crippen LogP contribution >= 0.6 is 0 Å². The van der Waals surface area contributed by atoms with Crippen LogP contribution < -0.4 is 28.1 Å². The molecule has 40 heavy (non-hydrogen) atoms. The van der Waals surface area contributed by atoms with Gasteiger partial charge in [0.2, 0.25) is 0 Å². The molecule has 0 aromatic heterocycles. The molecule has 0 spiro atoms. The first-order valence-electron chi connectivity index (χ1n) is 15.0. The van der Waals surface area contributed by atoms with E-state index in [1.165, 1.54) is 36.0 Å². The van der Waals surface area contributed by atoms with Gasteiger partial charge in [0.25, 0.3) is 0 Å². The number of rotatable bonds is 6. The summed E-state index contributed by atoms with van der Waals surface area (Å²) in [5.41, 5.74) is 12.7. The van der Waals surface area contributed by atoms with Gasteiger partial charge in [-0.3, -0.25) is 0 Å². The Hall–Kier alpha value is -0.747. The van der Waals surface area contributed by atoms with Crippen molar-refractivity contribution in [1.29, 1.82) is 0 Å². The molecule has 0 amide bonds. The van der Waals surface area contributed by atoms with Crippen molar-refractivity contribution in [2.75, 3.05) is 0 Å². The summed E-state index contributed by atoms with van der Waals surface area (Å²) in [4.78, 5) is 0. The average Bonchev–Trinajstić information content (AvgIpc) is 3.39. The van der Waals surface area contributed by atoms with Crippen molar-refractivity contribution in [2.24, 2.45) is 11.8 Å². The van der Waals surface area contributed by atoms with Gasteiger partial charge in [0.05, 0.1) is 0 Å². The molecule has 0 N–H and O–H groups in total. The van der Waals surface area contributed by atoms with Crippen LogP contribution in [0.5, 0.6) is 0 Å². The van der Waals surface area contributed by atoms with E-state index in [2.05, 4.69) is 120 Å². The van der Waals surface area contributed by atoms with Crippen LogP contribution in [0.15, 0.2) is 39.7 Å². The molecule has 0 heterocycles. The van der Waals surface area contributed by atoms with E-state index in [9.17, 15) is 0 Å². The summed E-state index contributed by atoms with van der Waals surface area (Å²) in [6, 6.07) is 7.70. The second-order valence-electron chi connectivity index (χ2n) is 14.9. The Morgan fingerprint density at radius 3 is 1.82 bits per heavy atom. The van der Waals surface area contributed by atoms with Crippen molar-refractivity contribution in [3.05, 3.63) is 73.1 Å². The molecule has 0 aliphatic heterocycles.